The van der Waals surface area contributed by atoms with Gasteiger partial charge in [-0.2, -0.15) is 0 Å². The SMILES string of the molecule is CC1(C)CC(C(N)C2(C)CC2)C(C)(C)O1. The average Bonchev–Trinajstić information content (AvgIpc) is 2.72. The number of ether oxygens (including phenoxy) is 1. The summed E-state index contributed by atoms with van der Waals surface area (Å²) in [6.07, 6.45) is 3.68. The van der Waals surface area contributed by atoms with Gasteiger partial charge in [0.25, 0.3) is 0 Å². The van der Waals surface area contributed by atoms with Crippen LogP contribution in [0.15, 0.2) is 0 Å². The second kappa shape index (κ2) is 2.98. The predicted molar refractivity (Wildman–Crippen MR) is 62.7 cm³/mol. The van der Waals surface area contributed by atoms with Crippen LogP contribution >= 0.6 is 0 Å². The number of nitrogens with two attached hydrogens (primary N) is 1. The summed E-state index contributed by atoms with van der Waals surface area (Å²) in [5.41, 5.74) is 6.77. The van der Waals surface area contributed by atoms with Crippen molar-refractivity contribution in [2.75, 3.05) is 0 Å². The zero-order valence-corrected chi connectivity index (χ0v) is 10.8. The van der Waals surface area contributed by atoms with Gasteiger partial charge in [-0.25, -0.2) is 0 Å². The molecule has 2 unspecified atom stereocenters. The maximum atomic E-state index is 6.44. The lowest BCUT2D eigenvalue weighted by Gasteiger charge is -2.34. The first-order chi connectivity index (χ1) is 6.66. The van der Waals surface area contributed by atoms with Gasteiger partial charge in [0.2, 0.25) is 0 Å². The first-order valence-corrected chi connectivity index (χ1v) is 6.12. The number of hydrogen-bond acceptors (Lipinski definition) is 2. The van der Waals surface area contributed by atoms with Crippen molar-refractivity contribution in [3.8, 4) is 0 Å². The van der Waals surface area contributed by atoms with Crippen LogP contribution in [-0.4, -0.2) is 17.2 Å². The predicted octanol–water partition coefficient (Wildman–Crippen LogP) is 2.71. The van der Waals surface area contributed by atoms with E-state index in [4.69, 9.17) is 10.5 Å². The van der Waals surface area contributed by atoms with Gasteiger partial charge in [-0.1, -0.05) is 6.92 Å². The average molecular weight is 211 g/mol. The molecule has 2 atom stereocenters. The summed E-state index contributed by atoms with van der Waals surface area (Å²) in [5.74, 6) is 0.500. The summed E-state index contributed by atoms with van der Waals surface area (Å²) in [6.45, 7) is 11.1. The van der Waals surface area contributed by atoms with Crippen molar-refractivity contribution < 1.29 is 4.74 Å². The van der Waals surface area contributed by atoms with E-state index in [0.29, 0.717) is 17.4 Å². The Balaban J connectivity index is 2.15. The molecule has 2 fully saturated rings. The van der Waals surface area contributed by atoms with Crippen molar-refractivity contribution in [2.45, 2.75) is 71.1 Å². The van der Waals surface area contributed by atoms with Crippen molar-refractivity contribution in [2.24, 2.45) is 17.1 Å². The van der Waals surface area contributed by atoms with Crippen molar-refractivity contribution in [3.63, 3.8) is 0 Å². The molecule has 2 nitrogen and oxygen atoms in total. The van der Waals surface area contributed by atoms with Crippen LogP contribution < -0.4 is 5.73 Å². The van der Waals surface area contributed by atoms with E-state index in [9.17, 15) is 0 Å². The third-order valence-electron chi connectivity index (χ3n) is 4.42. The van der Waals surface area contributed by atoms with E-state index in [-0.39, 0.29) is 11.2 Å². The van der Waals surface area contributed by atoms with E-state index in [0.717, 1.165) is 6.42 Å². The summed E-state index contributed by atoms with van der Waals surface area (Å²) < 4.78 is 6.11. The summed E-state index contributed by atoms with van der Waals surface area (Å²) >= 11 is 0. The van der Waals surface area contributed by atoms with Gasteiger partial charge in [-0.15, -0.1) is 0 Å². The van der Waals surface area contributed by atoms with Gasteiger partial charge in [0.05, 0.1) is 11.2 Å². The summed E-state index contributed by atoms with van der Waals surface area (Å²) in [5, 5.41) is 0. The maximum absolute atomic E-state index is 6.44. The fraction of sp³-hybridized carbons (Fsp3) is 1.00. The molecule has 0 radical (unpaired) electrons. The van der Waals surface area contributed by atoms with E-state index in [1.807, 2.05) is 0 Å². The fourth-order valence-corrected chi connectivity index (χ4v) is 3.18. The van der Waals surface area contributed by atoms with E-state index < -0.39 is 0 Å². The Kier molecular flexibility index (Phi) is 2.27. The molecule has 0 aromatic heterocycles. The van der Waals surface area contributed by atoms with Crippen LogP contribution in [0.1, 0.15) is 53.9 Å². The van der Waals surface area contributed by atoms with Crippen molar-refractivity contribution >= 4 is 0 Å². The minimum Gasteiger partial charge on any atom is -0.369 e. The summed E-state index contributed by atoms with van der Waals surface area (Å²) in [4.78, 5) is 0. The maximum Gasteiger partial charge on any atom is 0.0677 e. The van der Waals surface area contributed by atoms with Gasteiger partial charge in [0.1, 0.15) is 0 Å². The van der Waals surface area contributed by atoms with Gasteiger partial charge in [0.15, 0.2) is 0 Å². The second-order valence-electron chi connectivity index (χ2n) is 6.96. The van der Waals surface area contributed by atoms with Crippen molar-refractivity contribution in [1.29, 1.82) is 0 Å². The molecular weight excluding hydrogens is 186 g/mol. The smallest absolute Gasteiger partial charge is 0.0677 e. The fourth-order valence-electron chi connectivity index (χ4n) is 3.18. The lowest BCUT2D eigenvalue weighted by molar-refractivity contribution is -0.0784. The van der Waals surface area contributed by atoms with Crippen LogP contribution in [0.5, 0.6) is 0 Å². The molecule has 0 aromatic carbocycles. The molecule has 0 spiro atoms. The molecule has 1 saturated carbocycles. The van der Waals surface area contributed by atoms with Crippen LogP contribution in [0.25, 0.3) is 0 Å². The van der Waals surface area contributed by atoms with Gasteiger partial charge in [0, 0.05) is 12.0 Å². The van der Waals surface area contributed by atoms with Crippen molar-refractivity contribution in [3.05, 3.63) is 0 Å². The van der Waals surface area contributed by atoms with E-state index in [1.54, 1.807) is 0 Å². The molecule has 88 valence electrons. The van der Waals surface area contributed by atoms with Crippen LogP contribution in [0.3, 0.4) is 0 Å². The molecule has 2 aliphatic rings. The zero-order valence-electron chi connectivity index (χ0n) is 10.8. The standard InChI is InChI=1S/C13H25NO/c1-11(2)8-9(12(3,4)15-11)10(14)13(5)6-7-13/h9-10H,6-8,14H2,1-5H3. The first-order valence-electron chi connectivity index (χ1n) is 6.12. The number of rotatable bonds is 2. The Morgan fingerprint density at radius 3 is 2.00 bits per heavy atom. The lowest BCUT2D eigenvalue weighted by atomic mass is 9.76. The quantitative estimate of drug-likeness (QED) is 0.762. The van der Waals surface area contributed by atoms with E-state index in [1.165, 1.54) is 12.8 Å². The molecule has 1 saturated heterocycles. The van der Waals surface area contributed by atoms with Crippen LogP contribution in [0.2, 0.25) is 0 Å². The first kappa shape index (κ1) is 11.4. The highest BCUT2D eigenvalue weighted by molar-refractivity contribution is 5.07. The molecule has 15 heavy (non-hydrogen) atoms. The monoisotopic (exact) mass is 211 g/mol. The largest absolute Gasteiger partial charge is 0.369 e. The Labute approximate surface area is 93.6 Å². The molecule has 0 amide bonds. The Hall–Kier alpha value is -0.0800. The molecule has 0 bridgehead atoms. The second-order valence-corrected chi connectivity index (χ2v) is 6.96. The van der Waals surface area contributed by atoms with Crippen molar-refractivity contribution in [1.82, 2.24) is 0 Å². The minimum atomic E-state index is -0.0610. The van der Waals surface area contributed by atoms with Gasteiger partial charge in [-0.3, -0.25) is 0 Å². The van der Waals surface area contributed by atoms with E-state index in [2.05, 4.69) is 34.6 Å². The molecule has 1 heterocycles. The molecule has 2 rings (SSSR count). The van der Waals surface area contributed by atoms with Gasteiger partial charge in [-0.05, 0) is 52.4 Å². The Morgan fingerprint density at radius 1 is 1.13 bits per heavy atom. The lowest BCUT2D eigenvalue weighted by Crippen LogP contribution is -2.45. The molecule has 2 N–H and O–H groups in total. The highest BCUT2D eigenvalue weighted by atomic mass is 16.5. The normalized spacial score (nSPS) is 37.6. The molecular formula is C13H25NO. The summed E-state index contributed by atoms with van der Waals surface area (Å²) in [7, 11) is 0. The van der Waals surface area contributed by atoms with Gasteiger partial charge < -0.3 is 10.5 Å². The highest BCUT2D eigenvalue weighted by Gasteiger charge is 2.55. The van der Waals surface area contributed by atoms with Crippen LogP contribution in [0.4, 0.5) is 0 Å². The Morgan fingerprint density at radius 2 is 1.67 bits per heavy atom. The Bertz CT molecular complexity index is 266. The van der Waals surface area contributed by atoms with Crippen LogP contribution in [0, 0.1) is 11.3 Å². The molecule has 0 aromatic rings. The van der Waals surface area contributed by atoms with Crippen LogP contribution in [-0.2, 0) is 4.74 Å². The topological polar surface area (TPSA) is 35.2 Å². The molecule has 2 heteroatoms. The third-order valence-corrected chi connectivity index (χ3v) is 4.42. The highest BCUT2D eigenvalue weighted by Crippen LogP contribution is 2.54. The molecule has 1 aliphatic heterocycles. The zero-order chi connectivity index (χ0) is 11.5. The minimum absolute atomic E-state index is 0.00294. The number of hydrogen-bond donors (Lipinski definition) is 1. The van der Waals surface area contributed by atoms with E-state index >= 15 is 0 Å². The molecule has 1 aliphatic carbocycles. The third kappa shape index (κ3) is 1.94. The summed E-state index contributed by atoms with van der Waals surface area (Å²) in [6, 6.07) is 0.300. The van der Waals surface area contributed by atoms with Gasteiger partial charge >= 0.3 is 0 Å².